The molecule has 0 bridgehead atoms. The van der Waals surface area contributed by atoms with Gasteiger partial charge in [-0.15, -0.1) is 0 Å². The summed E-state index contributed by atoms with van der Waals surface area (Å²) in [6.07, 6.45) is 1.58. The number of hydrogen-bond acceptors (Lipinski definition) is 3. The van der Waals surface area contributed by atoms with Crippen molar-refractivity contribution >= 4 is 12.0 Å². The topological polar surface area (TPSA) is 72.9 Å². The van der Waals surface area contributed by atoms with E-state index in [1.54, 1.807) is 4.90 Å². The lowest BCUT2D eigenvalue weighted by molar-refractivity contribution is -0.139. The van der Waals surface area contributed by atoms with Crippen molar-refractivity contribution in [2.24, 2.45) is 0 Å². The highest BCUT2D eigenvalue weighted by molar-refractivity contribution is 5.75. The van der Waals surface area contributed by atoms with Crippen LogP contribution in [0.2, 0.25) is 0 Å². The lowest BCUT2D eigenvalue weighted by atomic mass is 9.85. The van der Waals surface area contributed by atoms with E-state index in [2.05, 4.69) is 11.9 Å². The minimum atomic E-state index is -0.810. The van der Waals surface area contributed by atoms with Crippen LogP contribution in [-0.2, 0) is 11.3 Å². The van der Waals surface area contributed by atoms with E-state index in [-0.39, 0.29) is 24.7 Å². The molecular weight excluding hydrogens is 330 g/mol. The Morgan fingerprint density at radius 3 is 2.42 bits per heavy atom. The van der Waals surface area contributed by atoms with Crippen LogP contribution in [0.5, 0.6) is 0 Å². The fourth-order valence-corrected chi connectivity index (χ4v) is 3.27. The molecule has 1 fully saturated rings. The molecule has 1 aliphatic carbocycles. The van der Waals surface area contributed by atoms with E-state index in [9.17, 15) is 9.59 Å². The second-order valence-corrected chi connectivity index (χ2v) is 7.03. The van der Waals surface area contributed by atoms with Gasteiger partial charge in [0, 0.05) is 25.2 Å². The number of carbonyl (C=O) groups excluding carboxylic acids is 1. The Balaban J connectivity index is 1.88. The van der Waals surface area contributed by atoms with E-state index in [1.165, 1.54) is 0 Å². The van der Waals surface area contributed by atoms with Gasteiger partial charge in [-0.05, 0) is 31.9 Å². The van der Waals surface area contributed by atoms with E-state index < -0.39 is 5.97 Å². The van der Waals surface area contributed by atoms with Crippen LogP contribution in [0, 0.1) is 0 Å². The highest BCUT2D eigenvalue weighted by Gasteiger charge is 2.35. The zero-order valence-electron chi connectivity index (χ0n) is 15.6. The van der Waals surface area contributed by atoms with Gasteiger partial charge in [-0.1, -0.05) is 49.4 Å². The number of amides is 2. The zero-order valence-corrected chi connectivity index (χ0v) is 15.6. The second-order valence-electron chi connectivity index (χ2n) is 7.03. The van der Waals surface area contributed by atoms with Crippen LogP contribution in [-0.4, -0.2) is 58.6 Å². The summed E-state index contributed by atoms with van der Waals surface area (Å²) in [4.78, 5) is 27.3. The van der Waals surface area contributed by atoms with Gasteiger partial charge in [0.25, 0.3) is 0 Å². The van der Waals surface area contributed by atoms with Gasteiger partial charge in [0.05, 0.1) is 6.54 Å². The Morgan fingerprint density at radius 2 is 1.88 bits per heavy atom. The Labute approximate surface area is 155 Å². The third-order valence-corrected chi connectivity index (χ3v) is 4.67. The molecule has 1 aliphatic rings. The first-order valence-corrected chi connectivity index (χ1v) is 9.08. The molecule has 0 aromatic heterocycles. The van der Waals surface area contributed by atoms with Crippen LogP contribution >= 0.6 is 0 Å². The van der Waals surface area contributed by atoms with Gasteiger partial charge in [0.1, 0.15) is 0 Å². The van der Waals surface area contributed by atoms with Gasteiger partial charge in [0.2, 0.25) is 0 Å². The summed E-state index contributed by atoms with van der Waals surface area (Å²) in [7, 11) is 0. The van der Waals surface area contributed by atoms with Crippen molar-refractivity contribution in [3.63, 3.8) is 0 Å². The SMILES string of the molecule is C=C(C)CN(Cc1ccccc1)C(=O)NC1CC(N(CC)CC(=O)O)C1. The van der Waals surface area contributed by atoms with Crippen molar-refractivity contribution in [2.75, 3.05) is 19.6 Å². The van der Waals surface area contributed by atoms with E-state index in [4.69, 9.17) is 5.11 Å². The smallest absolute Gasteiger partial charge is 0.318 e. The summed E-state index contributed by atoms with van der Waals surface area (Å²) in [5.41, 5.74) is 2.01. The zero-order chi connectivity index (χ0) is 19.1. The van der Waals surface area contributed by atoms with Gasteiger partial charge in [-0.25, -0.2) is 4.79 Å². The van der Waals surface area contributed by atoms with E-state index >= 15 is 0 Å². The maximum Gasteiger partial charge on any atom is 0.318 e. The highest BCUT2D eigenvalue weighted by Crippen LogP contribution is 2.26. The Kier molecular flexibility index (Phi) is 7.21. The van der Waals surface area contributed by atoms with Crippen LogP contribution < -0.4 is 5.32 Å². The maximum atomic E-state index is 12.7. The fraction of sp³-hybridized carbons (Fsp3) is 0.500. The van der Waals surface area contributed by atoms with Crippen LogP contribution in [0.3, 0.4) is 0 Å². The average molecular weight is 359 g/mol. The molecule has 0 atom stereocenters. The highest BCUT2D eigenvalue weighted by atomic mass is 16.4. The predicted molar refractivity (Wildman–Crippen MR) is 102 cm³/mol. The molecule has 6 nitrogen and oxygen atoms in total. The van der Waals surface area contributed by atoms with E-state index in [0.717, 1.165) is 24.0 Å². The number of benzene rings is 1. The summed E-state index contributed by atoms with van der Waals surface area (Å²) in [6, 6.07) is 10.1. The number of rotatable bonds is 9. The molecule has 142 valence electrons. The lowest BCUT2D eigenvalue weighted by Gasteiger charge is -2.42. The molecule has 2 rings (SSSR count). The molecular formula is C20H29N3O3. The fourth-order valence-electron chi connectivity index (χ4n) is 3.27. The number of hydrogen-bond donors (Lipinski definition) is 2. The first kappa shape index (κ1) is 20.0. The molecule has 26 heavy (non-hydrogen) atoms. The minimum Gasteiger partial charge on any atom is -0.480 e. The molecule has 0 radical (unpaired) electrons. The quantitative estimate of drug-likeness (QED) is 0.665. The predicted octanol–water partition coefficient (Wildman–Crippen LogP) is 2.71. The van der Waals surface area contributed by atoms with Crippen molar-refractivity contribution in [3.05, 3.63) is 48.0 Å². The number of carbonyl (C=O) groups is 2. The lowest BCUT2D eigenvalue weighted by Crippen LogP contribution is -2.56. The summed E-state index contributed by atoms with van der Waals surface area (Å²) in [5.74, 6) is -0.810. The molecule has 0 heterocycles. The van der Waals surface area contributed by atoms with Crippen molar-refractivity contribution in [2.45, 2.75) is 45.3 Å². The second kappa shape index (κ2) is 9.38. The number of carboxylic acid groups (broad SMARTS) is 1. The summed E-state index contributed by atoms with van der Waals surface area (Å²) < 4.78 is 0. The summed E-state index contributed by atoms with van der Waals surface area (Å²) in [6.45, 7) is 9.60. The number of nitrogens with one attached hydrogen (secondary N) is 1. The van der Waals surface area contributed by atoms with Gasteiger partial charge in [-0.2, -0.15) is 0 Å². The summed E-state index contributed by atoms with van der Waals surface area (Å²) in [5, 5.41) is 12.0. The van der Waals surface area contributed by atoms with Crippen LogP contribution in [0.15, 0.2) is 42.5 Å². The molecule has 0 saturated heterocycles. The normalized spacial score (nSPS) is 18.9. The molecule has 1 aromatic carbocycles. The average Bonchev–Trinajstić information content (AvgIpc) is 2.55. The Morgan fingerprint density at radius 1 is 1.23 bits per heavy atom. The maximum absolute atomic E-state index is 12.7. The number of urea groups is 1. The molecule has 1 saturated carbocycles. The third kappa shape index (κ3) is 5.88. The molecule has 2 amide bonds. The van der Waals surface area contributed by atoms with Crippen molar-refractivity contribution in [1.82, 2.24) is 15.1 Å². The molecule has 0 unspecified atom stereocenters. The van der Waals surface area contributed by atoms with Crippen LogP contribution in [0.4, 0.5) is 4.79 Å². The molecule has 1 aromatic rings. The number of likely N-dealkylation sites (N-methyl/N-ethyl adjacent to an activating group) is 1. The van der Waals surface area contributed by atoms with E-state index in [0.29, 0.717) is 19.6 Å². The van der Waals surface area contributed by atoms with E-state index in [1.807, 2.05) is 49.1 Å². The Hall–Kier alpha value is -2.34. The standard InChI is InChI=1S/C20H29N3O3/c1-4-22(14-19(24)25)18-10-17(11-18)21-20(26)23(12-15(2)3)13-16-8-6-5-7-9-16/h5-9,17-18H,2,4,10-14H2,1,3H3,(H,21,26)(H,24,25). The third-order valence-electron chi connectivity index (χ3n) is 4.67. The van der Waals surface area contributed by atoms with Crippen molar-refractivity contribution in [1.29, 1.82) is 0 Å². The molecule has 2 N–H and O–H groups in total. The molecule has 0 aliphatic heterocycles. The van der Waals surface area contributed by atoms with Crippen molar-refractivity contribution in [3.8, 4) is 0 Å². The molecule has 0 spiro atoms. The molecule has 6 heteroatoms. The van der Waals surface area contributed by atoms with Gasteiger partial charge >= 0.3 is 12.0 Å². The Bertz CT molecular complexity index is 626. The first-order valence-electron chi connectivity index (χ1n) is 9.08. The summed E-state index contributed by atoms with van der Waals surface area (Å²) >= 11 is 0. The van der Waals surface area contributed by atoms with Crippen LogP contribution in [0.25, 0.3) is 0 Å². The number of carboxylic acids is 1. The monoisotopic (exact) mass is 359 g/mol. The van der Waals surface area contributed by atoms with Gasteiger partial charge in [0.15, 0.2) is 0 Å². The first-order chi connectivity index (χ1) is 12.4. The number of nitrogens with zero attached hydrogens (tertiary/aromatic N) is 2. The van der Waals surface area contributed by atoms with Crippen molar-refractivity contribution < 1.29 is 14.7 Å². The van der Waals surface area contributed by atoms with Gasteiger partial charge < -0.3 is 15.3 Å². The van der Waals surface area contributed by atoms with Crippen LogP contribution in [0.1, 0.15) is 32.3 Å². The largest absolute Gasteiger partial charge is 0.480 e. The van der Waals surface area contributed by atoms with Gasteiger partial charge in [-0.3, -0.25) is 9.69 Å². The number of aliphatic carboxylic acids is 1. The minimum absolute atomic E-state index is 0.0532.